The number of aromatic nitrogens is 4. The van der Waals surface area contributed by atoms with Crippen molar-refractivity contribution >= 4 is 129 Å². The maximum Gasteiger partial charge on any atom is 0.212 e. The number of aryl methyl sites for hydroxylation is 8. The second-order valence-electron chi connectivity index (χ2n) is 28.2. The second kappa shape index (κ2) is 44.2. The van der Waals surface area contributed by atoms with Crippen molar-refractivity contribution in [3.05, 3.63) is 362 Å². The Morgan fingerprint density at radius 1 is 0.150 bits per heavy atom. The number of nitrogens with zero attached hydrogens (tertiary/aromatic N) is 4. The van der Waals surface area contributed by atoms with Gasteiger partial charge in [-0.1, -0.05) is 305 Å². The van der Waals surface area contributed by atoms with Crippen molar-refractivity contribution in [1.82, 2.24) is 0 Å². The SMILES string of the molecule is CC.CC.CC.CC.CC.CC.CC.CC.Cc1cc2cc3ccc4ccccc4c3cc2cc1-c1cccc[n+]1C.Cc1cc2ccc3c4ccccc4ccc3c2cc1-c1cccc[n+]1C.Cc1cc2ccc3cc4ccccc4cc3c2cc1-c1cccc[n+]1C.Cc1cc2ccc3ccc4ccccc4c3c2cc1-c1cccc[n+]1C. The molecule has 4 nitrogen and oxygen atoms in total. The molecule has 0 saturated heterocycles. The van der Waals surface area contributed by atoms with E-state index in [0.29, 0.717) is 0 Å². The zero-order valence-electron chi connectivity index (χ0n) is 76.1. The Balaban J connectivity index is 0.000000172. The van der Waals surface area contributed by atoms with E-state index in [4.69, 9.17) is 0 Å². The summed E-state index contributed by atoms with van der Waals surface area (Å²) in [6.45, 7) is 40.8. The molecule has 20 rings (SSSR count). The standard InChI is InChI=1S/4C25H20N.8C2H6/c1-17-15-19-11-13-21-20-8-4-3-7-18(20)10-12-22(21)24(19)16-23(17)25-9-5-6-14-26(25)2;1-17-15-20-13-12-19-11-10-18-7-3-4-8-21(18)25(19)23(20)16-22(17)24-9-5-6-14-26(24)2;1-17-13-20-10-11-21-14-18-7-3-4-8-19(18)15-23(21)24(20)16-22(17)25-9-5-6-12-26(25)2;1-17-13-20-14-19-11-10-18-7-3-4-8-22(18)24(19)16-21(20)15-23(17)25-9-5-6-12-26(25)2;8*1-2/h4*3-16H,1-2H3;8*1-2H3/q4*+1;;;;;;;;. The fourth-order valence-corrected chi connectivity index (χ4v) is 16.1. The Hall–Kier alpha value is -12.8. The monoisotopic (exact) mass is 1580 g/mol. The summed E-state index contributed by atoms with van der Waals surface area (Å²) in [5.41, 5.74) is 15.4. The molecule has 0 bridgehead atoms. The molecule has 0 aliphatic heterocycles. The molecule has 120 heavy (non-hydrogen) atoms. The van der Waals surface area contributed by atoms with E-state index >= 15 is 0 Å². The molecule has 0 atom stereocenters. The quantitative estimate of drug-likeness (QED) is 0.0948. The molecule has 0 saturated carbocycles. The van der Waals surface area contributed by atoms with Crippen LogP contribution in [0.15, 0.2) is 340 Å². The van der Waals surface area contributed by atoms with Crippen LogP contribution in [0, 0.1) is 27.7 Å². The third-order valence-corrected chi connectivity index (χ3v) is 21.6. The van der Waals surface area contributed by atoms with Gasteiger partial charge in [0.15, 0.2) is 24.8 Å². The summed E-state index contributed by atoms with van der Waals surface area (Å²) in [6.07, 6.45) is 8.43. The first-order valence-corrected chi connectivity index (χ1v) is 44.1. The van der Waals surface area contributed by atoms with Crippen LogP contribution in [0.25, 0.3) is 174 Å². The van der Waals surface area contributed by atoms with E-state index in [1.54, 1.807) is 0 Å². The van der Waals surface area contributed by atoms with Crippen LogP contribution in [0.2, 0.25) is 0 Å². The van der Waals surface area contributed by atoms with Gasteiger partial charge in [-0.05, 0) is 252 Å². The zero-order chi connectivity index (χ0) is 86.7. The van der Waals surface area contributed by atoms with E-state index in [9.17, 15) is 0 Å². The Morgan fingerprint density at radius 2 is 0.383 bits per heavy atom. The van der Waals surface area contributed by atoms with Crippen molar-refractivity contribution in [1.29, 1.82) is 0 Å². The van der Waals surface area contributed by atoms with Crippen molar-refractivity contribution in [3.63, 3.8) is 0 Å². The van der Waals surface area contributed by atoms with Crippen LogP contribution in [0.1, 0.15) is 133 Å². The van der Waals surface area contributed by atoms with Crippen molar-refractivity contribution in [3.8, 4) is 45.0 Å². The van der Waals surface area contributed by atoms with E-state index in [0.717, 1.165) is 0 Å². The maximum absolute atomic E-state index is 2.37. The third-order valence-electron chi connectivity index (χ3n) is 21.6. The van der Waals surface area contributed by atoms with Crippen molar-refractivity contribution in [2.45, 2.75) is 138 Å². The molecule has 0 fully saturated rings. The van der Waals surface area contributed by atoms with Gasteiger partial charge in [-0.2, -0.15) is 0 Å². The van der Waals surface area contributed by atoms with Crippen LogP contribution in [-0.4, -0.2) is 0 Å². The number of fused-ring (bicyclic) bond motifs is 18. The number of rotatable bonds is 4. The average Bonchev–Trinajstić information content (AvgIpc) is 0.867. The maximum atomic E-state index is 2.37. The highest BCUT2D eigenvalue weighted by atomic mass is 14.9. The summed E-state index contributed by atoms with van der Waals surface area (Å²) >= 11 is 0. The molecule has 20 aromatic rings. The fraction of sp³-hybridized carbons (Fsp3) is 0.207. The topological polar surface area (TPSA) is 15.5 Å². The minimum Gasteiger partial charge on any atom is -0.201 e. The number of benzene rings is 16. The summed E-state index contributed by atoms with van der Waals surface area (Å²) in [4.78, 5) is 0. The smallest absolute Gasteiger partial charge is 0.201 e. The van der Waals surface area contributed by atoms with Crippen LogP contribution in [0.4, 0.5) is 0 Å². The predicted octanol–water partition coefficient (Wildman–Crippen LogP) is 32.0. The number of pyridine rings is 4. The molecule has 0 spiro atoms. The first-order chi connectivity index (χ1) is 58.8. The van der Waals surface area contributed by atoms with Gasteiger partial charge in [-0.15, -0.1) is 0 Å². The number of hydrogen-bond acceptors (Lipinski definition) is 0. The first kappa shape index (κ1) is 91.1. The molecule has 0 aliphatic rings. The normalized spacial score (nSPS) is 10.3. The van der Waals surface area contributed by atoms with Gasteiger partial charge in [0.05, 0.1) is 0 Å². The first-order valence-electron chi connectivity index (χ1n) is 44.1. The molecule has 16 aromatic carbocycles. The molecule has 0 N–H and O–H groups in total. The van der Waals surface area contributed by atoms with Crippen molar-refractivity contribution in [2.24, 2.45) is 28.2 Å². The Bertz CT molecular complexity index is 6670. The fourth-order valence-electron chi connectivity index (χ4n) is 16.1. The molecule has 0 amide bonds. The Kier molecular flexibility index (Phi) is 33.5. The summed E-state index contributed by atoms with van der Waals surface area (Å²) in [5, 5.41) is 31.4. The van der Waals surface area contributed by atoms with E-state index < -0.39 is 0 Å². The summed E-state index contributed by atoms with van der Waals surface area (Å²) in [7, 11) is 8.43. The van der Waals surface area contributed by atoms with Crippen LogP contribution >= 0.6 is 0 Å². The van der Waals surface area contributed by atoms with Crippen LogP contribution in [0.5, 0.6) is 0 Å². The van der Waals surface area contributed by atoms with Crippen molar-refractivity contribution < 1.29 is 18.3 Å². The van der Waals surface area contributed by atoms with E-state index in [1.807, 2.05) is 111 Å². The summed E-state index contributed by atoms with van der Waals surface area (Å²) < 4.78 is 8.76. The second-order valence-corrected chi connectivity index (χ2v) is 28.2. The lowest BCUT2D eigenvalue weighted by molar-refractivity contribution is -0.660. The largest absolute Gasteiger partial charge is 0.212 e. The van der Waals surface area contributed by atoms with Gasteiger partial charge in [-0.25, -0.2) is 18.3 Å². The molecule has 4 heteroatoms. The van der Waals surface area contributed by atoms with Gasteiger partial charge < -0.3 is 0 Å². The van der Waals surface area contributed by atoms with Crippen LogP contribution in [-0.2, 0) is 28.2 Å². The molecule has 4 aromatic heterocycles. The lowest BCUT2D eigenvalue weighted by atomic mass is 9.92. The number of hydrogen-bond donors (Lipinski definition) is 0. The van der Waals surface area contributed by atoms with E-state index in [1.165, 1.54) is 197 Å². The van der Waals surface area contributed by atoms with Crippen molar-refractivity contribution in [2.75, 3.05) is 0 Å². The minimum absolute atomic E-state index is 1.24. The van der Waals surface area contributed by atoms with Crippen LogP contribution in [0.3, 0.4) is 0 Å². The van der Waals surface area contributed by atoms with Gasteiger partial charge >= 0.3 is 0 Å². The average molecular weight is 1580 g/mol. The molecular formula is C116H128N4+4. The highest BCUT2D eigenvalue weighted by Gasteiger charge is 2.20. The van der Waals surface area contributed by atoms with Gasteiger partial charge in [-0.3, -0.25) is 0 Å². The molecule has 0 aliphatic carbocycles. The van der Waals surface area contributed by atoms with Gasteiger partial charge in [0.1, 0.15) is 28.2 Å². The lowest BCUT2D eigenvalue weighted by Crippen LogP contribution is -2.30. The predicted molar refractivity (Wildman–Crippen MR) is 532 cm³/mol. The molecule has 608 valence electrons. The van der Waals surface area contributed by atoms with Gasteiger partial charge in [0, 0.05) is 70.8 Å². The lowest BCUT2D eigenvalue weighted by Gasteiger charge is -2.11. The third kappa shape index (κ3) is 19.6. The molecule has 0 radical (unpaired) electrons. The van der Waals surface area contributed by atoms with E-state index in [-0.39, 0.29) is 0 Å². The van der Waals surface area contributed by atoms with Gasteiger partial charge in [0.25, 0.3) is 0 Å². The molecule has 0 unspecified atom stereocenters. The summed E-state index contributed by atoms with van der Waals surface area (Å²) in [5.74, 6) is 0. The highest BCUT2D eigenvalue weighted by Crippen LogP contribution is 2.40. The Labute approximate surface area is 717 Å². The zero-order valence-corrected chi connectivity index (χ0v) is 76.1. The molecular weight excluding hydrogens is 1450 g/mol. The minimum atomic E-state index is 1.24. The van der Waals surface area contributed by atoms with E-state index in [2.05, 4.69) is 414 Å². The highest BCUT2D eigenvalue weighted by molar-refractivity contribution is 6.22. The Morgan fingerprint density at radius 3 is 0.800 bits per heavy atom. The summed E-state index contributed by atoms with van der Waals surface area (Å²) in [6, 6.07) is 115. The van der Waals surface area contributed by atoms with Gasteiger partial charge in [0.2, 0.25) is 22.8 Å². The van der Waals surface area contributed by atoms with Crippen LogP contribution < -0.4 is 18.3 Å². The molecule has 4 heterocycles.